The number of esters is 1. The van der Waals surface area contributed by atoms with Crippen molar-refractivity contribution in [2.75, 3.05) is 6.01 Å². The topological polar surface area (TPSA) is 93.8 Å². The van der Waals surface area contributed by atoms with Crippen molar-refractivity contribution >= 4 is 28.6 Å². The fourth-order valence-corrected chi connectivity index (χ4v) is 8.39. The van der Waals surface area contributed by atoms with Gasteiger partial charge in [0.15, 0.2) is 10.9 Å². The maximum atomic E-state index is 13.1. The number of alkyl halides is 1. The fourth-order valence-electron chi connectivity index (χ4n) is 7.89. The van der Waals surface area contributed by atoms with Gasteiger partial charge in [0, 0.05) is 23.2 Å². The second kappa shape index (κ2) is 9.04. The van der Waals surface area contributed by atoms with Gasteiger partial charge in [-0.25, -0.2) is 9.18 Å². The molecule has 4 aliphatic carbocycles. The number of hydrogen-bond acceptors (Lipinski definition) is 7. The zero-order valence-corrected chi connectivity index (χ0v) is 20.8. The van der Waals surface area contributed by atoms with Crippen LogP contribution in [-0.4, -0.2) is 40.2 Å². The lowest BCUT2D eigenvalue weighted by molar-refractivity contribution is -0.148. The number of carbonyl (C=O) groups is 3. The van der Waals surface area contributed by atoms with Crippen molar-refractivity contribution in [2.24, 2.45) is 34.5 Å². The summed E-state index contributed by atoms with van der Waals surface area (Å²) in [5, 5.41) is 11.4. The zero-order chi connectivity index (χ0) is 25.0. The molecule has 8 atom stereocenters. The van der Waals surface area contributed by atoms with Crippen molar-refractivity contribution < 1.29 is 33.0 Å². The Hall–Kier alpha value is -2.19. The second-order valence-electron chi connectivity index (χ2n) is 10.8. The number of allylic oxidation sites excluding steroid dienone is 4. The van der Waals surface area contributed by atoms with Crippen molar-refractivity contribution in [3.63, 3.8) is 0 Å². The number of hydrogen-bond donors (Lipinski definition) is 1. The number of ketones is 1. The monoisotopic (exact) mass is 502 g/mol. The predicted octanol–water partition coefficient (Wildman–Crippen LogP) is 4.89. The number of halogens is 1. The number of thioether (sulfide) groups is 1. The van der Waals surface area contributed by atoms with E-state index >= 15 is 0 Å². The van der Waals surface area contributed by atoms with Gasteiger partial charge in [0.2, 0.25) is 5.76 Å². The smallest absolute Gasteiger partial charge is 0.374 e. The van der Waals surface area contributed by atoms with E-state index in [-0.39, 0.29) is 53.2 Å². The summed E-state index contributed by atoms with van der Waals surface area (Å²) in [4.78, 5) is 37.8. The van der Waals surface area contributed by atoms with Crippen LogP contribution in [0.3, 0.4) is 0 Å². The van der Waals surface area contributed by atoms with Crippen LogP contribution in [0.2, 0.25) is 0 Å². The summed E-state index contributed by atoms with van der Waals surface area (Å²) >= 11 is 0.633. The molecular formula is C27H31FO6S. The molecule has 6 nitrogen and oxygen atoms in total. The molecule has 1 heterocycles. The van der Waals surface area contributed by atoms with Gasteiger partial charge in [0.25, 0.3) is 0 Å². The van der Waals surface area contributed by atoms with Crippen LogP contribution >= 0.6 is 11.8 Å². The third kappa shape index (κ3) is 3.93. The Balaban J connectivity index is 1.53. The minimum atomic E-state index is -0.814. The maximum absolute atomic E-state index is 13.1. The first-order chi connectivity index (χ1) is 16.7. The van der Waals surface area contributed by atoms with Crippen LogP contribution in [0, 0.1) is 34.5 Å². The molecule has 0 spiro atoms. The van der Waals surface area contributed by atoms with Crippen LogP contribution in [-0.2, 0) is 14.3 Å². The normalized spacial score (nSPS) is 39.9. The van der Waals surface area contributed by atoms with Gasteiger partial charge >= 0.3 is 5.97 Å². The minimum absolute atomic E-state index is 0.0221. The second-order valence-corrected chi connectivity index (χ2v) is 11.8. The van der Waals surface area contributed by atoms with E-state index in [0.717, 1.165) is 24.8 Å². The summed E-state index contributed by atoms with van der Waals surface area (Å²) in [5.74, 6) is -0.577. The van der Waals surface area contributed by atoms with Gasteiger partial charge in [0.1, 0.15) is 12.1 Å². The van der Waals surface area contributed by atoms with E-state index in [1.165, 1.54) is 12.3 Å². The molecule has 188 valence electrons. The number of ether oxygens (including phenoxy) is 1. The van der Waals surface area contributed by atoms with Crippen LogP contribution in [0.5, 0.6) is 0 Å². The summed E-state index contributed by atoms with van der Waals surface area (Å²) < 4.78 is 24.3. The van der Waals surface area contributed by atoms with Gasteiger partial charge in [-0.05, 0) is 67.7 Å². The molecule has 1 N–H and O–H groups in total. The van der Waals surface area contributed by atoms with Crippen LogP contribution in [0.4, 0.5) is 4.39 Å². The standard InChI is InChI=1S/C27H31FO6S/c1-15-10-19-18-6-5-16-11-17(29)7-8-26(16,2)23(18)20(30)12-27(19,13-22(31)35-14-28)24(15)34-25(32)21-4-3-9-33-21/h3-4,7-9,11,15,18-20,23-24,30H,5-6,10,12-14H2,1-2H3/t15?,18-,19-,20?,23+,24?,26-,27+/m0/s1. The summed E-state index contributed by atoms with van der Waals surface area (Å²) in [6.07, 6.45) is 7.87. The lowest BCUT2D eigenvalue weighted by Gasteiger charge is -2.59. The van der Waals surface area contributed by atoms with E-state index in [9.17, 15) is 23.9 Å². The Morgan fingerprint density at radius 3 is 2.89 bits per heavy atom. The summed E-state index contributed by atoms with van der Waals surface area (Å²) in [6.45, 7) is 4.11. The minimum Gasteiger partial charge on any atom is -0.457 e. The van der Waals surface area contributed by atoms with Crippen LogP contribution in [0.1, 0.15) is 56.5 Å². The van der Waals surface area contributed by atoms with Gasteiger partial charge in [-0.3, -0.25) is 9.59 Å². The molecule has 0 bridgehead atoms. The van der Waals surface area contributed by atoms with E-state index in [2.05, 4.69) is 6.92 Å². The van der Waals surface area contributed by atoms with Crippen molar-refractivity contribution in [2.45, 2.75) is 58.2 Å². The molecule has 3 unspecified atom stereocenters. The zero-order valence-electron chi connectivity index (χ0n) is 19.9. The Morgan fingerprint density at radius 1 is 1.37 bits per heavy atom. The lowest BCUT2D eigenvalue weighted by atomic mass is 9.46. The molecule has 0 aliphatic heterocycles. The van der Waals surface area contributed by atoms with Crippen LogP contribution < -0.4 is 0 Å². The number of fused-ring (bicyclic) bond motifs is 5. The lowest BCUT2D eigenvalue weighted by Crippen LogP contribution is -2.58. The van der Waals surface area contributed by atoms with E-state index in [1.807, 2.05) is 13.0 Å². The molecule has 4 aliphatic rings. The van der Waals surface area contributed by atoms with Crippen molar-refractivity contribution in [1.29, 1.82) is 0 Å². The highest BCUT2D eigenvalue weighted by Crippen LogP contribution is 2.67. The van der Waals surface area contributed by atoms with Crippen LogP contribution in [0.15, 0.2) is 46.6 Å². The van der Waals surface area contributed by atoms with E-state index in [1.54, 1.807) is 18.2 Å². The number of rotatable bonds is 5. The Morgan fingerprint density at radius 2 is 2.17 bits per heavy atom. The van der Waals surface area contributed by atoms with Crippen molar-refractivity contribution in [3.05, 3.63) is 48.0 Å². The molecule has 0 saturated heterocycles. The number of aliphatic hydroxyl groups excluding tert-OH is 1. The quantitative estimate of drug-likeness (QED) is 0.573. The number of furan rings is 1. The molecule has 8 heteroatoms. The molecule has 3 saturated carbocycles. The largest absolute Gasteiger partial charge is 0.457 e. The average Bonchev–Trinajstić information content (AvgIpc) is 3.42. The fraction of sp³-hybridized carbons (Fsp3) is 0.593. The highest BCUT2D eigenvalue weighted by Gasteiger charge is 2.66. The molecule has 3 fully saturated rings. The summed E-state index contributed by atoms with van der Waals surface area (Å²) in [5.41, 5.74) is -0.173. The Kier molecular flexibility index (Phi) is 6.33. The maximum Gasteiger partial charge on any atom is 0.374 e. The van der Waals surface area contributed by atoms with Gasteiger partial charge in [-0.2, -0.15) is 0 Å². The summed E-state index contributed by atoms with van der Waals surface area (Å²) in [7, 11) is 0. The van der Waals surface area contributed by atoms with Crippen molar-refractivity contribution in [1.82, 2.24) is 0 Å². The molecular weight excluding hydrogens is 471 g/mol. The third-order valence-corrected chi connectivity index (χ3v) is 9.69. The highest BCUT2D eigenvalue weighted by atomic mass is 32.2. The van der Waals surface area contributed by atoms with Gasteiger partial charge in [-0.1, -0.05) is 37.3 Å². The predicted molar refractivity (Wildman–Crippen MR) is 128 cm³/mol. The Bertz CT molecular complexity index is 1080. The first kappa shape index (κ1) is 24.5. The molecule has 5 rings (SSSR count). The molecule has 1 aromatic heterocycles. The van der Waals surface area contributed by atoms with Gasteiger partial charge in [-0.15, -0.1) is 0 Å². The SMILES string of the molecule is CC1C[C@H]2[C@@H]3CCC4=CC(=O)C=C[C@]4(C)[C@H]3C(O)C[C@]2(CC(=O)SCF)C1OC(=O)c1ccco1. The molecule has 0 aromatic carbocycles. The summed E-state index contributed by atoms with van der Waals surface area (Å²) in [6, 6.07) is 2.33. The number of carbonyl (C=O) groups excluding carboxylic acids is 3. The number of aliphatic hydroxyl groups is 1. The third-order valence-electron chi connectivity index (χ3n) is 9.12. The molecule has 1 aromatic rings. The first-order valence-corrected chi connectivity index (χ1v) is 13.3. The van der Waals surface area contributed by atoms with Gasteiger partial charge < -0.3 is 14.3 Å². The van der Waals surface area contributed by atoms with E-state index in [4.69, 9.17) is 9.15 Å². The molecule has 35 heavy (non-hydrogen) atoms. The first-order valence-electron chi connectivity index (χ1n) is 12.3. The van der Waals surface area contributed by atoms with E-state index in [0.29, 0.717) is 11.8 Å². The van der Waals surface area contributed by atoms with Crippen LogP contribution in [0.25, 0.3) is 0 Å². The Labute approximate surface area is 208 Å². The average molecular weight is 503 g/mol. The van der Waals surface area contributed by atoms with Gasteiger partial charge in [0.05, 0.1) is 12.4 Å². The van der Waals surface area contributed by atoms with Crippen molar-refractivity contribution in [3.8, 4) is 0 Å². The molecule has 0 radical (unpaired) electrons. The van der Waals surface area contributed by atoms with E-state index < -0.39 is 35.0 Å². The highest BCUT2D eigenvalue weighted by molar-refractivity contribution is 8.13. The molecule has 0 amide bonds.